The molecule has 1 aromatic rings. The van der Waals surface area contributed by atoms with Gasteiger partial charge in [0.1, 0.15) is 0 Å². The van der Waals surface area contributed by atoms with Crippen LogP contribution in [0, 0.1) is 12.8 Å². The lowest BCUT2D eigenvalue weighted by atomic mass is 10.2. The van der Waals surface area contributed by atoms with E-state index in [-0.39, 0.29) is 12.5 Å². The first-order valence-electron chi connectivity index (χ1n) is 5.91. The first-order valence-corrected chi connectivity index (χ1v) is 5.91. The number of aryl methyl sites for hydroxylation is 1. The summed E-state index contributed by atoms with van der Waals surface area (Å²) in [5, 5.41) is 5.68. The van der Waals surface area contributed by atoms with E-state index in [1.807, 2.05) is 20.8 Å². The molecule has 0 bridgehead atoms. The summed E-state index contributed by atoms with van der Waals surface area (Å²) >= 11 is 0. The van der Waals surface area contributed by atoms with Crippen molar-refractivity contribution in [3.05, 3.63) is 11.8 Å². The molecule has 6 heteroatoms. The zero-order chi connectivity index (χ0) is 13.5. The minimum atomic E-state index is -0.0761. The standard InChI is InChI=1S/C12H20N4O2/c1-8(2)6-13-10(17)7-14-12-15-9(3)5-11(16-12)18-4/h5,8H,6-7H2,1-4H3,(H,13,17)(H,14,15,16). The topological polar surface area (TPSA) is 76.1 Å². The normalized spacial score (nSPS) is 10.3. The zero-order valence-electron chi connectivity index (χ0n) is 11.3. The lowest BCUT2D eigenvalue weighted by Gasteiger charge is -2.09. The quantitative estimate of drug-likeness (QED) is 0.789. The van der Waals surface area contributed by atoms with E-state index in [0.717, 1.165) is 5.69 Å². The third-order valence-electron chi connectivity index (χ3n) is 2.15. The van der Waals surface area contributed by atoms with Crippen LogP contribution < -0.4 is 15.4 Å². The second-order valence-electron chi connectivity index (χ2n) is 4.43. The summed E-state index contributed by atoms with van der Waals surface area (Å²) in [6.07, 6.45) is 0. The summed E-state index contributed by atoms with van der Waals surface area (Å²) in [4.78, 5) is 19.8. The van der Waals surface area contributed by atoms with E-state index in [1.54, 1.807) is 13.2 Å². The molecular weight excluding hydrogens is 232 g/mol. The Kier molecular flexibility index (Phi) is 5.35. The molecule has 0 unspecified atom stereocenters. The summed E-state index contributed by atoms with van der Waals surface area (Å²) < 4.78 is 5.03. The van der Waals surface area contributed by atoms with Gasteiger partial charge in [0, 0.05) is 18.3 Å². The molecular formula is C12H20N4O2. The fraction of sp³-hybridized carbons (Fsp3) is 0.583. The predicted molar refractivity (Wildman–Crippen MR) is 69.7 cm³/mol. The Morgan fingerprint density at radius 2 is 2.17 bits per heavy atom. The highest BCUT2D eigenvalue weighted by Gasteiger charge is 2.05. The molecule has 2 N–H and O–H groups in total. The third kappa shape index (κ3) is 4.99. The van der Waals surface area contributed by atoms with Gasteiger partial charge in [-0.1, -0.05) is 13.8 Å². The number of nitrogens with zero attached hydrogens (tertiary/aromatic N) is 2. The molecule has 0 atom stereocenters. The molecule has 1 amide bonds. The van der Waals surface area contributed by atoms with Crippen LogP contribution >= 0.6 is 0 Å². The van der Waals surface area contributed by atoms with Crippen molar-refractivity contribution >= 4 is 11.9 Å². The van der Waals surface area contributed by atoms with Gasteiger partial charge < -0.3 is 15.4 Å². The van der Waals surface area contributed by atoms with Crippen molar-refractivity contribution in [3.63, 3.8) is 0 Å². The van der Waals surface area contributed by atoms with Gasteiger partial charge in [0.2, 0.25) is 17.7 Å². The molecule has 18 heavy (non-hydrogen) atoms. The van der Waals surface area contributed by atoms with E-state index in [1.165, 1.54) is 0 Å². The van der Waals surface area contributed by atoms with E-state index in [4.69, 9.17) is 4.74 Å². The van der Waals surface area contributed by atoms with Crippen molar-refractivity contribution in [3.8, 4) is 5.88 Å². The summed E-state index contributed by atoms with van der Waals surface area (Å²) in [5.41, 5.74) is 0.784. The minimum Gasteiger partial charge on any atom is -0.481 e. The number of aromatic nitrogens is 2. The number of hydrogen-bond acceptors (Lipinski definition) is 5. The van der Waals surface area contributed by atoms with Crippen LogP contribution in [-0.4, -0.2) is 36.1 Å². The van der Waals surface area contributed by atoms with E-state index in [9.17, 15) is 4.79 Å². The van der Waals surface area contributed by atoms with Gasteiger partial charge in [0.15, 0.2) is 0 Å². The van der Waals surface area contributed by atoms with Crippen molar-refractivity contribution in [2.24, 2.45) is 5.92 Å². The van der Waals surface area contributed by atoms with Crippen LogP contribution in [-0.2, 0) is 4.79 Å². The number of ether oxygens (including phenoxy) is 1. The van der Waals surface area contributed by atoms with Gasteiger partial charge in [0.25, 0.3) is 0 Å². The average Bonchev–Trinajstić information content (AvgIpc) is 2.33. The summed E-state index contributed by atoms with van der Waals surface area (Å²) in [6.45, 7) is 6.75. The van der Waals surface area contributed by atoms with E-state index in [2.05, 4.69) is 20.6 Å². The summed E-state index contributed by atoms with van der Waals surface area (Å²) in [5.74, 6) is 1.23. The Bertz CT molecular complexity index is 407. The molecule has 0 saturated heterocycles. The maximum absolute atomic E-state index is 11.5. The molecule has 1 aromatic heterocycles. The fourth-order valence-electron chi connectivity index (χ4n) is 1.26. The molecule has 0 aliphatic carbocycles. The highest BCUT2D eigenvalue weighted by molar-refractivity contribution is 5.80. The number of amides is 1. The lowest BCUT2D eigenvalue weighted by molar-refractivity contribution is -0.119. The van der Waals surface area contributed by atoms with Gasteiger partial charge in [-0.3, -0.25) is 4.79 Å². The van der Waals surface area contributed by atoms with E-state index < -0.39 is 0 Å². The van der Waals surface area contributed by atoms with E-state index in [0.29, 0.717) is 24.3 Å². The number of carbonyl (C=O) groups is 1. The van der Waals surface area contributed by atoms with Crippen molar-refractivity contribution in [1.82, 2.24) is 15.3 Å². The number of nitrogens with one attached hydrogen (secondary N) is 2. The molecule has 0 spiro atoms. The van der Waals surface area contributed by atoms with Crippen LogP contribution in [0.3, 0.4) is 0 Å². The molecule has 0 aliphatic rings. The Morgan fingerprint density at radius 1 is 1.44 bits per heavy atom. The Balaban J connectivity index is 2.47. The minimum absolute atomic E-state index is 0.0761. The first-order chi connectivity index (χ1) is 8.51. The second-order valence-corrected chi connectivity index (χ2v) is 4.43. The largest absolute Gasteiger partial charge is 0.481 e. The van der Waals surface area contributed by atoms with Crippen molar-refractivity contribution < 1.29 is 9.53 Å². The van der Waals surface area contributed by atoms with Crippen LogP contribution in [0.4, 0.5) is 5.95 Å². The van der Waals surface area contributed by atoms with Crippen LogP contribution in [0.5, 0.6) is 5.88 Å². The number of rotatable bonds is 6. The van der Waals surface area contributed by atoms with Crippen LogP contribution in [0.2, 0.25) is 0 Å². The highest BCUT2D eigenvalue weighted by atomic mass is 16.5. The number of carbonyl (C=O) groups excluding carboxylic acids is 1. The van der Waals surface area contributed by atoms with Gasteiger partial charge >= 0.3 is 0 Å². The zero-order valence-corrected chi connectivity index (χ0v) is 11.3. The molecule has 0 radical (unpaired) electrons. The molecule has 1 heterocycles. The summed E-state index contributed by atoms with van der Waals surface area (Å²) in [7, 11) is 1.54. The Morgan fingerprint density at radius 3 is 2.78 bits per heavy atom. The van der Waals surface area contributed by atoms with Gasteiger partial charge in [-0.25, -0.2) is 4.98 Å². The van der Waals surface area contributed by atoms with Crippen molar-refractivity contribution in [2.45, 2.75) is 20.8 Å². The predicted octanol–water partition coefficient (Wildman–Crippen LogP) is 0.978. The van der Waals surface area contributed by atoms with Gasteiger partial charge in [-0.15, -0.1) is 0 Å². The maximum Gasteiger partial charge on any atom is 0.239 e. The molecule has 0 saturated carbocycles. The van der Waals surface area contributed by atoms with Crippen LogP contribution in [0.15, 0.2) is 6.07 Å². The first kappa shape index (κ1) is 14.2. The van der Waals surface area contributed by atoms with Gasteiger partial charge in [-0.2, -0.15) is 4.98 Å². The Labute approximate surface area is 107 Å². The lowest BCUT2D eigenvalue weighted by Crippen LogP contribution is -2.32. The molecule has 0 fully saturated rings. The Hall–Kier alpha value is -1.85. The van der Waals surface area contributed by atoms with E-state index >= 15 is 0 Å². The summed E-state index contributed by atoms with van der Waals surface area (Å²) in [6, 6.07) is 1.73. The molecule has 0 aromatic carbocycles. The molecule has 100 valence electrons. The fourth-order valence-corrected chi connectivity index (χ4v) is 1.26. The van der Waals surface area contributed by atoms with Crippen LogP contribution in [0.1, 0.15) is 19.5 Å². The maximum atomic E-state index is 11.5. The number of methoxy groups -OCH3 is 1. The second kappa shape index (κ2) is 6.78. The van der Waals surface area contributed by atoms with Crippen molar-refractivity contribution in [2.75, 3.05) is 25.5 Å². The molecule has 6 nitrogen and oxygen atoms in total. The number of anilines is 1. The average molecular weight is 252 g/mol. The van der Waals surface area contributed by atoms with Crippen molar-refractivity contribution in [1.29, 1.82) is 0 Å². The third-order valence-corrected chi connectivity index (χ3v) is 2.15. The number of hydrogen-bond donors (Lipinski definition) is 2. The van der Waals surface area contributed by atoms with Gasteiger partial charge in [-0.05, 0) is 12.8 Å². The highest BCUT2D eigenvalue weighted by Crippen LogP contribution is 2.10. The van der Waals surface area contributed by atoms with Crippen LogP contribution in [0.25, 0.3) is 0 Å². The molecule has 0 aliphatic heterocycles. The smallest absolute Gasteiger partial charge is 0.239 e. The van der Waals surface area contributed by atoms with Gasteiger partial charge in [0.05, 0.1) is 13.7 Å². The monoisotopic (exact) mass is 252 g/mol. The molecule has 1 rings (SSSR count). The SMILES string of the molecule is COc1cc(C)nc(NCC(=O)NCC(C)C)n1.